The number of nitrogens with zero attached hydrogens (tertiary/aromatic N) is 2. The number of hydrogen-bond acceptors (Lipinski definition) is 3. The summed E-state index contributed by atoms with van der Waals surface area (Å²) in [4.78, 5) is 8.25. The standard InChI is InChI=1S/C13H12N2O/c16-9-1-2-11-3-5-12(6-4-11)13-10-14-7-8-15-13/h1,3-10,16H,2H2/b9-1+. The minimum Gasteiger partial charge on any atom is -0.516 e. The molecule has 0 radical (unpaired) electrons. The Morgan fingerprint density at radius 2 is 1.94 bits per heavy atom. The molecule has 0 amide bonds. The first-order valence-electron chi connectivity index (χ1n) is 5.04. The van der Waals surface area contributed by atoms with Crippen LogP contribution in [0, 0.1) is 0 Å². The Morgan fingerprint density at radius 3 is 2.56 bits per heavy atom. The van der Waals surface area contributed by atoms with Crippen LogP contribution in [0.1, 0.15) is 5.56 Å². The average molecular weight is 212 g/mol. The summed E-state index contributed by atoms with van der Waals surface area (Å²) in [6.45, 7) is 0. The van der Waals surface area contributed by atoms with Crippen molar-refractivity contribution in [1.29, 1.82) is 0 Å². The van der Waals surface area contributed by atoms with Crippen molar-refractivity contribution < 1.29 is 5.11 Å². The molecule has 1 aromatic heterocycles. The number of hydrogen-bond donors (Lipinski definition) is 1. The molecule has 0 aliphatic rings. The summed E-state index contributed by atoms with van der Waals surface area (Å²) in [5.74, 6) is 0. The van der Waals surface area contributed by atoms with E-state index in [1.165, 1.54) is 0 Å². The van der Waals surface area contributed by atoms with Crippen molar-refractivity contribution >= 4 is 0 Å². The van der Waals surface area contributed by atoms with Gasteiger partial charge >= 0.3 is 0 Å². The third-order valence-corrected chi connectivity index (χ3v) is 2.27. The Hall–Kier alpha value is -2.16. The Bertz CT molecular complexity index is 463. The fourth-order valence-corrected chi connectivity index (χ4v) is 1.45. The zero-order valence-corrected chi connectivity index (χ0v) is 8.74. The normalized spacial score (nSPS) is 10.8. The molecule has 0 aliphatic heterocycles. The minimum absolute atomic E-state index is 0.733. The molecule has 0 saturated carbocycles. The lowest BCUT2D eigenvalue weighted by molar-refractivity contribution is 0.471. The third-order valence-electron chi connectivity index (χ3n) is 2.27. The number of aliphatic hydroxyl groups excluding tert-OH is 1. The van der Waals surface area contributed by atoms with E-state index in [2.05, 4.69) is 9.97 Å². The molecule has 0 spiro atoms. The topological polar surface area (TPSA) is 46.0 Å². The van der Waals surface area contributed by atoms with E-state index in [9.17, 15) is 0 Å². The van der Waals surface area contributed by atoms with Gasteiger partial charge in [-0.2, -0.15) is 0 Å². The fourth-order valence-electron chi connectivity index (χ4n) is 1.45. The van der Waals surface area contributed by atoms with Crippen molar-refractivity contribution in [2.75, 3.05) is 0 Å². The van der Waals surface area contributed by atoms with Crippen molar-refractivity contribution in [2.45, 2.75) is 6.42 Å². The van der Waals surface area contributed by atoms with Crippen LogP contribution < -0.4 is 0 Å². The maximum atomic E-state index is 8.56. The smallest absolute Gasteiger partial charge is 0.0885 e. The molecule has 1 heterocycles. The first-order valence-corrected chi connectivity index (χ1v) is 5.04. The highest BCUT2D eigenvalue weighted by molar-refractivity contribution is 5.58. The quantitative estimate of drug-likeness (QED) is 0.796. The highest BCUT2D eigenvalue weighted by atomic mass is 16.2. The fraction of sp³-hybridized carbons (Fsp3) is 0.0769. The molecule has 1 aromatic carbocycles. The van der Waals surface area contributed by atoms with Gasteiger partial charge in [0.05, 0.1) is 18.2 Å². The number of benzene rings is 1. The van der Waals surface area contributed by atoms with Crippen LogP contribution in [0.3, 0.4) is 0 Å². The van der Waals surface area contributed by atoms with Gasteiger partial charge in [0.2, 0.25) is 0 Å². The van der Waals surface area contributed by atoms with Gasteiger partial charge in [-0.25, -0.2) is 0 Å². The summed E-state index contributed by atoms with van der Waals surface area (Å²) in [5, 5.41) is 8.56. The van der Waals surface area contributed by atoms with E-state index in [0.29, 0.717) is 0 Å². The average Bonchev–Trinajstić information content (AvgIpc) is 2.38. The number of aromatic nitrogens is 2. The Balaban J connectivity index is 2.20. The lowest BCUT2D eigenvalue weighted by Crippen LogP contribution is -1.85. The van der Waals surface area contributed by atoms with E-state index in [-0.39, 0.29) is 0 Å². The van der Waals surface area contributed by atoms with Gasteiger partial charge in [-0.15, -0.1) is 0 Å². The molecule has 0 aliphatic carbocycles. The second-order valence-corrected chi connectivity index (χ2v) is 3.38. The Labute approximate surface area is 94.1 Å². The maximum absolute atomic E-state index is 8.56. The van der Waals surface area contributed by atoms with Crippen LogP contribution in [0.2, 0.25) is 0 Å². The second kappa shape index (κ2) is 5.07. The summed E-state index contributed by atoms with van der Waals surface area (Å²) in [6.07, 6.45) is 8.58. The summed E-state index contributed by atoms with van der Waals surface area (Å²) >= 11 is 0. The number of aliphatic hydroxyl groups is 1. The maximum Gasteiger partial charge on any atom is 0.0885 e. The molecule has 80 valence electrons. The van der Waals surface area contributed by atoms with Gasteiger partial charge < -0.3 is 5.11 Å². The Kier molecular flexibility index (Phi) is 3.28. The van der Waals surface area contributed by atoms with Crippen LogP contribution in [0.4, 0.5) is 0 Å². The van der Waals surface area contributed by atoms with Gasteiger partial charge in [0, 0.05) is 18.0 Å². The van der Waals surface area contributed by atoms with Gasteiger partial charge in [0.15, 0.2) is 0 Å². The van der Waals surface area contributed by atoms with Gasteiger partial charge in [-0.3, -0.25) is 9.97 Å². The minimum atomic E-state index is 0.733. The first kappa shape index (κ1) is 10.4. The molecule has 0 fully saturated rings. The van der Waals surface area contributed by atoms with E-state index in [4.69, 9.17) is 5.11 Å². The van der Waals surface area contributed by atoms with Crippen molar-refractivity contribution in [1.82, 2.24) is 9.97 Å². The summed E-state index contributed by atoms with van der Waals surface area (Å²) in [6, 6.07) is 8.04. The van der Waals surface area contributed by atoms with Gasteiger partial charge in [-0.1, -0.05) is 24.3 Å². The van der Waals surface area contributed by atoms with E-state index >= 15 is 0 Å². The number of rotatable bonds is 3. The largest absolute Gasteiger partial charge is 0.516 e. The lowest BCUT2D eigenvalue weighted by atomic mass is 10.1. The predicted octanol–water partition coefficient (Wildman–Crippen LogP) is 2.76. The molecule has 0 bridgehead atoms. The van der Waals surface area contributed by atoms with Crippen molar-refractivity contribution in [3.05, 3.63) is 60.8 Å². The van der Waals surface area contributed by atoms with Gasteiger partial charge in [0.25, 0.3) is 0 Å². The van der Waals surface area contributed by atoms with Gasteiger partial charge in [-0.05, 0) is 18.1 Å². The predicted molar refractivity (Wildman–Crippen MR) is 62.9 cm³/mol. The van der Waals surface area contributed by atoms with E-state index < -0.39 is 0 Å². The van der Waals surface area contributed by atoms with Gasteiger partial charge in [0.1, 0.15) is 0 Å². The molecule has 3 heteroatoms. The molecule has 0 saturated heterocycles. The zero-order valence-electron chi connectivity index (χ0n) is 8.74. The monoisotopic (exact) mass is 212 g/mol. The van der Waals surface area contributed by atoms with E-state index in [1.54, 1.807) is 24.7 Å². The first-order chi connectivity index (χ1) is 7.90. The molecule has 0 unspecified atom stereocenters. The molecule has 0 atom stereocenters. The SMILES string of the molecule is O/C=C/Cc1ccc(-c2cnccn2)cc1. The highest BCUT2D eigenvalue weighted by Gasteiger charge is 1.98. The second-order valence-electron chi connectivity index (χ2n) is 3.38. The van der Waals surface area contributed by atoms with Crippen LogP contribution in [-0.4, -0.2) is 15.1 Å². The lowest BCUT2D eigenvalue weighted by Gasteiger charge is -2.01. The van der Waals surface area contributed by atoms with Crippen molar-refractivity contribution in [2.24, 2.45) is 0 Å². The van der Waals surface area contributed by atoms with Crippen LogP contribution >= 0.6 is 0 Å². The molecular formula is C13H12N2O. The van der Waals surface area contributed by atoms with E-state index in [1.807, 2.05) is 24.3 Å². The highest BCUT2D eigenvalue weighted by Crippen LogP contribution is 2.16. The van der Waals surface area contributed by atoms with Crippen LogP contribution in [-0.2, 0) is 6.42 Å². The summed E-state index contributed by atoms with van der Waals surface area (Å²) in [7, 11) is 0. The molecule has 3 nitrogen and oxygen atoms in total. The van der Waals surface area contributed by atoms with Crippen LogP contribution in [0.25, 0.3) is 11.3 Å². The summed E-state index contributed by atoms with van der Waals surface area (Å²) < 4.78 is 0. The molecule has 16 heavy (non-hydrogen) atoms. The molecule has 1 N–H and O–H groups in total. The Morgan fingerprint density at radius 1 is 1.12 bits per heavy atom. The van der Waals surface area contributed by atoms with Crippen molar-refractivity contribution in [3.63, 3.8) is 0 Å². The van der Waals surface area contributed by atoms with Crippen LogP contribution in [0.15, 0.2) is 55.2 Å². The molecule has 2 aromatic rings. The molecular weight excluding hydrogens is 200 g/mol. The third kappa shape index (κ3) is 2.45. The number of allylic oxidation sites excluding steroid dienone is 1. The molecule has 2 rings (SSSR count). The zero-order chi connectivity index (χ0) is 11.2. The summed E-state index contributed by atoms with van der Waals surface area (Å²) in [5.41, 5.74) is 3.06. The van der Waals surface area contributed by atoms with E-state index in [0.717, 1.165) is 29.5 Å². The van der Waals surface area contributed by atoms with Crippen LogP contribution in [0.5, 0.6) is 0 Å². The van der Waals surface area contributed by atoms with Crippen molar-refractivity contribution in [3.8, 4) is 11.3 Å².